The minimum absolute atomic E-state index is 0.178. The lowest BCUT2D eigenvalue weighted by Crippen LogP contribution is -2.11. The molecule has 0 atom stereocenters. The molecule has 0 fully saturated rings. The van der Waals surface area contributed by atoms with E-state index in [1.807, 2.05) is 42.5 Å². The van der Waals surface area contributed by atoms with E-state index in [-0.39, 0.29) is 5.91 Å². The van der Waals surface area contributed by atoms with Gasteiger partial charge in [0.1, 0.15) is 5.75 Å². The number of carbonyl (C=O) groups is 1. The van der Waals surface area contributed by atoms with E-state index in [0.717, 1.165) is 18.6 Å². The van der Waals surface area contributed by atoms with E-state index in [2.05, 4.69) is 17.4 Å². The lowest BCUT2D eigenvalue weighted by molar-refractivity contribution is 0.102. The number of hydrogen-bond acceptors (Lipinski definition) is 2. The van der Waals surface area contributed by atoms with Crippen LogP contribution in [-0.4, -0.2) is 12.5 Å². The van der Waals surface area contributed by atoms with Gasteiger partial charge < -0.3 is 10.1 Å². The largest absolute Gasteiger partial charge is 0.494 e. The molecule has 0 aliphatic rings. The third-order valence-electron chi connectivity index (χ3n) is 3.92. The molecule has 0 saturated carbocycles. The highest BCUT2D eigenvalue weighted by molar-refractivity contribution is 6.30. The summed E-state index contributed by atoms with van der Waals surface area (Å²) in [5.41, 5.74) is 2.56. The van der Waals surface area contributed by atoms with Crippen LogP contribution in [0.5, 0.6) is 5.75 Å². The molecule has 0 aliphatic heterocycles. The van der Waals surface area contributed by atoms with Crippen molar-refractivity contribution in [3.05, 3.63) is 95.0 Å². The van der Waals surface area contributed by atoms with Gasteiger partial charge in [-0.3, -0.25) is 4.79 Å². The highest BCUT2D eigenvalue weighted by Crippen LogP contribution is 2.19. The normalized spacial score (nSPS) is 10.3. The number of nitrogens with one attached hydrogen (secondary N) is 1. The number of halogens is 1. The van der Waals surface area contributed by atoms with Crippen LogP contribution in [0, 0.1) is 0 Å². The molecule has 1 amide bonds. The molecular weight excluding hydrogens is 346 g/mol. The predicted molar refractivity (Wildman–Crippen MR) is 106 cm³/mol. The zero-order valence-corrected chi connectivity index (χ0v) is 15.1. The van der Waals surface area contributed by atoms with Crippen LogP contribution in [0.4, 0.5) is 5.69 Å². The fourth-order valence-corrected chi connectivity index (χ4v) is 2.71. The number of rotatable bonds is 7. The molecule has 0 aliphatic carbocycles. The average Bonchev–Trinajstić information content (AvgIpc) is 2.67. The lowest BCUT2D eigenvalue weighted by atomic mass is 10.1. The quantitative estimate of drug-likeness (QED) is 0.553. The molecule has 0 aromatic heterocycles. The average molecular weight is 366 g/mol. The molecule has 3 aromatic carbocycles. The van der Waals surface area contributed by atoms with Crippen molar-refractivity contribution in [2.24, 2.45) is 0 Å². The third kappa shape index (κ3) is 5.36. The van der Waals surface area contributed by atoms with Crippen LogP contribution in [0.25, 0.3) is 0 Å². The van der Waals surface area contributed by atoms with Gasteiger partial charge in [0.25, 0.3) is 5.91 Å². The molecule has 0 radical (unpaired) electrons. The van der Waals surface area contributed by atoms with Gasteiger partial charge in [-0.2, -0.15) is 0 Å². The Bertz CT molecular complexity index is 848. The maximum absolute atomic E-state index is 12.3. The van der Waals surface area contributed by atoms with Crippen molar-refractivity contribution >= 4 is 23.2 Å². The summed E-state index contributed by atoms with van der Waals surface area (Å²) < 4.78 is 5.80. The molecule has 3 aromatic rings. The van der Waals surface area contributed by atoms with Crippen LogP contribution in [-0.2, 0) is 6.42 Å². The Balaban J connectivity index is 1.51. The van der Waals surface area contributed by atoms with Crippen molar-refractivity contribution in [2.45, 2.75) is 12.8 Å². The minimum Gasteiger partial charge on any atom is -0.494 e. The van der Waals surface area contributed by atoms with E-state index in [1.54, 1.807) is 24.3 Å². The van der Waals surface area contributed by atoms with Crippen LogP contribution in [0.3, 0.4) is 0 Å². The Morgan fingerprint density at radius 3 is 2.46 bits per heavy atom. The van der Waals surface area contributed by atoms with Gasteiger partial charge in [-0.05, 0) is 54.8 Å². The molecular formula is C22H20ClNO2. The molecule has 0 bridgehead atoms. The second-order valence-electron chi connectivity index (χ2n) is 5.93. The molecule has 0 unspecified atom stereocenters. The summed E-state index contributed by atoms with van der Waals surface area (Å²) in [6, 6.07) is 24.6. The fraction of sp³-hybridized carbons (Fsp3) is 0.136. The van der Waals surface area contributed by atoms with Gasteiger partial charge in [-0.25, -0.2) is 0 Å². The van der Waals surface area contributed by atoms with E-state index in [0.29, 0.717) is 22.9 Å². The molecule has 1 N–H and O–H groups in total. The molecule has 3 nitrogen and oxygen atoms in total. The first kappa shape index (κ1) is 18.0. The van der Waals surface area contributed by atoms with Crippen LogP contribution >= 0.6 is 11.6 Å². The van der Waals surface area contributed by atoms with E-state index < -0.39 is 0 Å². The molecule has 3 rings (SSSR count). The molecule has 132 valence electrons. The van der Waals surface area contributed by atoms with Crippen LogP contribution in [0.1, 0.15) is 22.3 Å². The SMILES string of the molecule is O=C(Nc1cccc(OCCCc2ccccc2)c1)c1ccc(Cl)cc1. The van der Waals surface area contributed by atoms with Crippen LogP contribution in [0.2, 0.25) is 5.02 Å². The first-order chi connectivity index (χ1) is 12.7. The number of aryl methyl sites for hydroxylation is 1. The maximum atomic E-state index is 12.3. The van der Waals surface area contributed by atoms with Crippen LogP contribution in [0.15, 0.2) is 78.9 Å². The molecule has 0 saturated heterocycles. The standard InChI is InChI=1S/C22H20ClNO2/c23-19-13-11-18(12-14-19)22(25)24-20-9-4-10-21(16-20)26-15-5-8-17-6-2-1-3-7-17/h1-4,6-7,9-14,16H,5,8,15H2,(H,24,25). The van der Waals surface area contributed by atoms with E-state index in [9.17, 15) is 4.79 Å². The molecule has 0 heterocycles. The van der Waals surface area contributed by atoms with Gasteiger partial charge in [0.05, 0.1) is 6.61 Å². The summed E-state index contributed by atoms with van der Waals surface area (Å²) in [6.07, 6.45) is 1.92. The first-order valence-corrected chi connectivity index (χ1v) is 8.92. The number of amides is 1. The highest BCUT2D eigenvalue weighted by Gasteiger charge is 2.06. The maximum Gasteiger partial charge on any atom is 0.255 e. The Hall–Kier alpha value is -2.78. The van der Waals surface area contributed by atoms with Crippen molar-refractivity contribution in [2.75, 3.05) is 11.9 Å². The van der Waals surface area contributed by atoms with E-state index in [1.165, 1.54) is 5.56 Å². The zero-order chi connectivity index (χ0) is 18.2. The Kier molecular flexibility index (Phi) is 6.29. The van der Waals surface area contributed by atoms with Gasteiger partial charge in [0, 0.05) is 22.3 Å². The van der Waals surface area contributed by atoms with E-state index >= 15 is 0 Å². The number of anilines is 1. The Labute approximate surface area is 158 Å². The minimum atomic E-state index is -0.178. The summed E-state index contributed by atoms with van der Waals surface area (Å²) in [5, 5.41) is 3.48. The van der Waals surface area contributed by atoms with E-state index in [4.69, 9.17) is 16.3 Å². The third-order valence-corrected chi connectivity index (χ3v) is 4.17. The number of benzene rings is 3. The number of carbonyl (C=O) groups excluding carboxylic acids is 1. The van der Waals surface area contributed by atoms with Crippen molar-refractivity contribution in [3.8, 4) is 5.75 Å². The second-order valence-corrected chi connectivity index (χ2v) is 6.36. The molecule has 26 heavy (non-hydrogen) atoms. The molecule has 4 heteroatoms. The number of ether oxygens (including phenoxy) is 1. The van der Waals surface area contributed by atoms with Gasteiger partial charge in [-0.1, -0.05) is 48.0 Å². The van der Waals surface area contributed by atoms with Crippen molar-refractivity contribution in [1.82, 2.24) is 0 Å². The number of hydrogen-bond donors (Lipinski definition) is 1. The lowest BCUT2D eigenvalue weighted by Gasteiger charge is -2.09. The van der Waals surface area contributed by atoms with Gasteiger partial charge in [0.15, 0.2) is 0 Å². The van der Waals surface area contributed by atoms with Gasteiger partial charge in [-0.15, -0.1) is 0 Å². The second kappa shape index (κ2) is 9.07. The topological polar surface area (TPSA) is 38.3 Å². The smallest absolute Gasteiger partial charge is 0.255 e. The summed E-state index contributed by atoms with van der Waals surface area (Å²) in [6.45, 7) is 0.628. The van der Waals surface area contributed by atoms with Crippen molar-refractivity contribution in [3.63, 3.8) is 0 Å². The summed E-state index contributed by atoms with van der Waals surface area (Å²) >= 11 is 5.85. The highest BCUT2D eigenvalue weighted by atomic mass is 35.5. The monoisotopic (exact) mass is 365 g/mol. The summed E-state index contributed by atoms with van der Waals surface area (Å²) in [7, 11) is 0. The summed E-state index contributed by atoms with van der Waals surface area (Å²) in [5.74, 6) is 0.565. The fourth-order valence-electron chi connectivity index (χ4n) is 2.58. The van der Waals surface area contributed by atoms with Crippen molar-refractivity contribution < 1.29 is 9.53 Å². The van der Waals surface area contributed by atoms with Crippen molar-refractivity contribution in [1.29, 1.82) is 0 Å². The predicted octanol–water partition coefficient (Wildman–Crippen LogP) is 5.60. The zero-order valence-electron chi connectivity index (χ0n) is 14.3. The first-order valence-electron chi connectivity index (χ1n) is 8.54. The van der Waals surface area contributed by atoms with Gasteiger partial charge in [0.2, 0.25) is 0 Å². The Morgan fingerprint density at radius 1 is 0.923 bits per heavy atom. The Morgan fingerprint density at radius 2 is 1.69 bits per heavy atom. The van der Waals surface area contributed by atoms with Gasteiger partial charge >= 0.3 is 0 Å². The summed E-state index contributed by atoms with van der Waals surface area (Å²) in [4.78, 5) is 12.3. The van der Waals surface area contributed by atoms with Crippen LogP contribution < -0.4 is 10.1 Å². The molecule has 0 spiro atoms.